The van der Waals surface area contributed by atoms with Crippen LogP contribution in [-0.2, 0) is 12.8 Å². The molecule has 0 unspecified atom stereocenters. The van der Waals surface area contributed by atoms with Gasteiger partial charge in [0.2, 0.25) is 0 Å². The minimum absolute atomic E-state index is 1.30. The zero-order valence-electron chi connectivity index (χ0n) is 8.97. The van der Waals surface area contributed by atoms with Crippen LogP contribution in [-0.4, -0.2) is 0 Å². The van der Waals surface area contributed by atoms with Gasteiger partial charge in [-0.2, -0.15) is 0 Å². The van der Waals surface area contributed by atoms with Crippen molar-refractivity contribution in [3.05, 3.63) is 35.4 Å². The van der Waals surface area contributed by atoms with Gasteiger partial charge < -0.3 is 0 Å². The highest BCUT2D eigenvalue weighted by molar-refractivity contribution is 5.27. The predicted molar refractivity (Wildman–Crippen MR) is 61.6 cm³/mol. The first kappa shape index (κ1) is 9.76. The van der Waals surface area contributed by atoms with Gasteiger partial charge in [0.25, 0.3) is 0 Å². The third-order valence-electron chi connectivity index (χ3n) is 3.26. The van der Waals surface area contributed by atoms with E-state index in [9.17, 15) is 0 Å². The summed E-state index contributed by atoms with van der Waals surface area (Å²) >= 11 is 0. The van der Waals surface area contributed by atoms with Crippen molar-refractivity contribution in [3.63, 3.8) is 0 Å². The molecule has 0 radical (unpaired) electrons. The van der Waals surface area contributed by atoms with Gasteiger partial charge in [-0.3, -0.25) is 0 Å². The van der Waals surface area contributed by atoms with Crippen LogP contribution in [0.5, 0.6) is 0 Å². The molecule has 0 aromatic heterocycles. The van der Waals surface area contributed by atoms with Crippen molar-refractivity contribution in [3.8, 4) is 0 Å². The zero-order valence-corrected chi connectivity index (χ0v) is 8.97. The summed E-state index contributed by atoms with van der Waals surface area (Å²) in [6, 6.07) is 9.00. The monoisotopic (exact) mass is 188 g/mol. The first-order chi connectivity index (χ1) is 6.97. The van der Waals surface area contributed by atoms with Gasteiger partial charge in [-0.05, 0) is 36.8 Å². The van der Waals surface area contributed by atoms with Crippen LogP contribution in [0.3, 0.4) is 0 Å². The topological polar surface area (TPSA) is 0 Å². The first-order valence-corrected chi connectivity index (χ1v) is 6.03. The van der Waals surface area contributed by atoms with E-state index in [2.05, 4.69) is 24.3 Å². The van der Waals surface area contributed by atoms with Gasteiger partial charge in [-0.15, -0.1) is 0 Å². The van der Waals surface area contributed by atoms with E-state index in [1.807, 2.05) is 0 Å². The summed E-state index contributed by atoms with van der Waals surface area (Å²) in [7, 11) is 0. The number of benzene rings is 1. The zero-order chi connectivity index (χ0) is 9.64. The normalized spacial score (nSPS) is 18.6. The molecule has 1 aliphatic rings. The van der Waals surface area contributed by atoms with Gasteiger partial charge in [0.05, 0.1) is 0 Å². The Morgan fingerprint density at radius 1 is 0.571 bits per heavy atom. The Morgan fingerprint density at radius 3 is 1.50 bits per heavy atom. The van der Waals surface area contributed by atoms with E-state index in [1.165, 1.54) is 51.4 Å². The van der Waals surface area contributed by atoms with Crippen LogP contribution in [0.25, 0.3) is 0 Å². The summed E-state index contributed by atoms with van der Waals surface area (Å²) in [6.07, 6.45) is 11.1. The largest absolute Gasteiger partial charge is 0.0620 e. The lowest BCUT2D eigenvalue weighted by Crippen LogP contribution is -1.97. The molecule has 0 heteroatoms. The molecule has 0 saturated carbocycles. The van der Waals surface area contributed by atoms with Crippen molar-refractivity contribution in [2.75, 3.05) is 0 Å². The first-order valence-electron chi connectivity index (χ1n) is 6.03. The van der Waals surface area contributed by atoms with Crippen molar-refractivity contribution >= 4 is 0 Å². The quantitative estimate of drug-likeness (QED) is 0.574. The summed E-state index contributed by atoms with van der Waals surface area (Å²) in [5.41, 5.74) is 3.21. The molecule has 0 saturated heterocycles. The van der Waals surface area contributed by atoms with Crippen molar-refractivity contribution < 1.29 is 0 Å². The maximum atomic E-state index is 2.32. The number of rotatable bonds is 0. The fourth-order valence-electron chi connectivity index (χ4n) is 2.38. The molecule has 0 nitrogen and oxygen atoms in total. The Kier molecular flexibility index (Phi) is 3.62. The molecular weight excluding hydrogens is 168 g/mol. The maximum absolute atomic E-state index is 2.32. The van der Waals surface area contributed by atoms with Crippen LogP contribution in [0.15, 0.2) is 24.3 Å². The molecule has 0 heterocycles. The van der Waals surface area contributed by atoms with Gasteiger partial charge in [0, 0.05) is 0 Å². The SMILES string of the molecule is c1ccc2c(c1)CCCCCCCC2. The van der Waals surface area contributed by atoms with Gasteiger partial charge >= 0.3 is 0 Å². The van der Waals surface area contributed by atoms with E-state index < -0.39 is 0 Å². The Balaban J connectivity index is 2.10. The van der Waals surface area contributed by atoms with Gasteiger partial charge in [-0.1, -0.05) is 49.9 Å². The maximum Gasteiger partial charge on any atom is -0.0276 e. The lowest BCUT2D eigenvalue weighted by Gasteiger charge is -2.11. The predicted octanol–water partition coefficient (Wildman–Crippen LogP) is 4.13. The second-order valence-electron chi connectivity index (χ2n) is 4.39. The molecule has 0 aliphatic heterocycles. The fraction of sp³-hybridized carbons (Fsp3) is 0.571. The molecule has 14 heavy (non-hydrogen) atoms. The summed E-state index contributed by atoms with van der Waals surface area (Å²) in [6.45, 7) is 0. The smallest absolute Gasteiger partial charge is 0.0276 e. The third-order valence-corrected chi connectivity index (χ3v) is 3.26. The molecule has 0 N–H and O–H groups in total. The van der Waals surface area contributed by atoms with Crippen LogP contribution < -0.4 is 0 Å². The van der Waals surface area contributed by atoms with Crippen molar-refractivity contribution in [1.82, 2.24) is 0 Å². The van der Waals surface area contributed by atoms with Crippen molar-refractivity contribution in [2.24, 2.45) is 0 Å². The summed E-state index contributed by atoms with van der Waals surface area (Å²) < 4.78 is 0. The van der Waals surface area contributed by atoms with Crippen molar-refractivity contribution in [1.29, 1.82) is 0 Å². The molecule has 1 aliphatic carbocycles. The van der Waals surface area contributed by atoms with E-state index in [0.717, 1.165) is 0 Å². The average Bonchev–Trinajstić information content (AvgIpc) is 2.25. The molecule has 0 amide bonds. The van der Waals surface area contributed by atoms with E-state index in [0.29, 0.717) is 0 Å². The highest BCUT2D eigenvalue weighted by Crippen LogP contribution is 2.18. The third kappa shape index (κ3) is 2.60. The standard InChI is InChI=1S/C14H20/c1-2-4-6-10-14-12-8-7-11-13(14)9-5-3-1/h7-8,11-12H,1-6,9-10H2. The van der Waals surface area contributed by atoms with Crippen molar-refractivity contribution in [2.45, 2.75) is 51.4 Å². The highest BCUT2D eigenvalue weighted by atomic mass is 14.1. The lowest BCUT2D eigenvalue weighted by molar-refractivity contribution is 0.581. The van der Waals surface area contributed by atoms with Crippen LogP contribution in [0, 0.1) is 0 Å². The minimum Gasteiger partial charge on any atom is -0.0620 e. The van der Waals surface area contributed by atoms with E-state index in [-0.39, 0.29) is 0 Å². The van der Waals surface area contributed by atoms with E-state index in [4.69, 9.17) is 0 Å². The van der Waals surface area contributed by atoms with E-state index in [1.54, 1.807) is 11.1 Å². The van der Waals surface area contributed by atoms with Crippen LogP contribution in [0.4, 0.5) is 0 Å². The molecule has 1 aromatic carbocycles. The number of hydrogen-bond donors (Lipinski definition) is 0. The van der Waals surface area contributed by atoms with Crippen LogP contribution >= 0.6 is 0 Å². The molecule has 76 valence electrons. The Bertz CT molecular complexity index is 246. The summed E-state index contributed by atoms with van der Waals surface area (Å²) in [5, 5.41) is 0. The molecule has 1 aromatic rings. The van der Waals surface area contributed by atoms with Crippen LogP contribution in [0.1, 0.15) is 49.7 Å². The second kappa shape index (κ2) is 5.19. The summed E-state index contributed by atoms with van der Waals surface area (Å²) in [4.78, 5) is 0. The second-order valence-corrected chi connectivity index (χ2v) is 4.39. The van der Waals surface area contributed by atoms with Gasteiger partial charge in [0.15, 0.2) is 0 Å². The van der Waals surface area contributed by atoms with Crippen LogP contribution in [0.2, 0.25) is 0 Å². The Morgan fingerprint density at radius 2 is 1.00 bits per heavy atom. The summed E-state index contributed by atoms with van der Waals surface area (Å²) in [5.74, 6) is 0. The molecule has 0 bridgehead atoms. The highest BCUT2D eigenvalue weighted by Gasteiger charge is 2.03. The number of hydrogen-bond acceptors (Lipinski definition) is 0. The number of fused-ring (bicyclic) bond motifs is 1. The fourth-order valence-corrected chi connectivity index (χ4v) is 2.38. The Labute approximate surface area is 87.3 Å². The Hall–Kier alpha value is -0.780. The van der Waals surface area contributed by atoms with E-state index >= 15 is 0 Å². The van der Waals surface area contributed by atoms with Gasteiger partial charge in [-0.25, -0.2) is 0 Å². The lowest BCUT2D eigenvalue weighted by atomic mass is 9.94. The molecular formula is C14H20. The minimum atomic E-state index is 1.30. The molecule has 0 atom stereocenters. The molecule has 0 spiro atoms. The van der Waals surface area contributed by atoms with Gasteiger partial charge in [0.1, 0.15) is 0 Å². The number of aryl methyl sites for hydroxylation is 2. The molecule has 2 rings (SSSR count). The molecule has 0 fully saturated rings. The average molecular weight is 188 g/mol.